The summed E-state index contributed by atoms with van der Waals surface area (Å²) in [5.41, 5.74) is -8.52. The second-order valence-electron chi connectivity index (χ2n) is 8.42. The number of rotatable bonds is 6. The highest BCUT2D eigenvalue weighted by molar-refractivity contribution is 9.11. The summed E-state index contributed by atoms with van der Waals surface area (Å²) >= 11 is 5.36. The standard InChI is InChI=1S/C25H14Br2F10N2O2/c1-39(21(41)12-5-7-15(28)8-6-12)16-4-2-3-13(9-16)20(40)38-19-17(26)10-14(11-18(19)27)22(29,24(32,33)34)23(30,31)25(35,36)37/h2-11H,1H3,(H,38,40). The van der Waals surface area contributed by atoms with Gasteiger partial charge in [-0.05, 0) is 86.5 Å². The molecule has 0 saturated carbocycles. The number of nitrogens with zero attached hydrogens (tertiary/aromatic N) is 1. The van der Waals surface area contributed by atoms with Crippen molar-refractivity contribution in [3.8, 4) is 0 Å². The van der Waals surface area contributed by atoms with Crippen LogP contribution in [0.5, 0.6) is 0 Å². The number of benzene rings is 3. The quantitative estimate of drug-likeness (QED) is 0.259. The van der Waals surface area contributed by atoms with Gasteiger partial charge in [0.2, 0.25) is 0 Å². The van der Waals surface area contributed by atoms with Crippen LogP contribution in [-0.2, 0) is 5.67 Å². The van der Waals surface area contributed by atoms with E-state index in [-0.39, 0.29) is 28.9 Å². The molecule has 0 heterocycles. The third kappa shape index (κ3) is 6.08. The van der Waals surface area contributed by atoms with Crippen molar-refractivity contribution in [3.05, 3.63) is 92.1 Å². The van der Waals surface area contributed by atoms with Crippen LogP contribution in [0.25, 0.3) is 0 Å². The molecule has 3 rings (SSSR count). The molecule has 0 aliphatic carbocycles. The lowest BCUT2D eigenvalue weighted by Crippen LogP contribution is -2.59. The van der Waals surface area contributed by atoms with E-state index in [0.29, 0.717) is 0 Å². The summed E-state index contributed by atoms with van der Waals surface area (Å²) in [5.74, 6) is -8.97. The highest BCUT2D eigenvalue weighted by Crippen LogP contribution is 2.59. The van der Waals surface area contributed by atoms with Gasteiger partial charge in [-0.2, -0.15) is 35.1 Å². The van der Waals surface area contributed by atoms with Crippen molar-refractivity contribution < 1.29 is 53.5 Å². The van der Waals surface area contributed by atoms with Gasteiger partial charge in [0, 0.05) is 38.4 Å². The number of hydrogen-bond donors (Lipinski definition) is 1. The zero-order valence-corrected chi connectivity index (χ0v) is 23.2. The number of hydrogen-bond acceptors (Lipinski definition) is 2. The highest BCUT2D eigenvalue weighted by Gasteiger charge is 2.81. The van der Waals surface area contributed by atoms with Gasteiger partial charge < -0.3 is 10.2 Å². The summed E-state index contributed by atoms with van der Waals surface area (Å²) in [6.07, 6.45) is -13.6. The van der Waals surface area contributed by atoms with Crippen LogP contribution in [0, 0.1) is 5.82 Å². The highest BCUT2D eigenvalue weighted by atomic mass is 79.9. The first kappa shape index (κ1) is 32.4. The SMILES string of the molecule is CN(C(=O)c1ccc(F)cc1)c1cccc(C(=O)Nc2c(Br)cc(C(F)(C(F)(F)F)C(F)(F)C(F)(F)F)cc2Br)c1. The molecule has 2 amide bonds. The van der Waals surface area contributed by atoms with E-state index in [0.717, 1.165) is 17.0 Å². The predicted octanol–water partition coefficient (Wildman–Crippen LogP) is 8.80. The molecule has 1 atom stereocenters. The first-order valence-electron chi connectivity index (χ1n) is 10.9. The lowest BCUT2D eigenvalue weighted by molar-refractivity contribution is -0.389. The van der Waals surface area contributed by atoms with Gasteiger partial charge in [-0.3, -0.25) is 9.59 Å². The Hall–Kier alpha value is -3.14. The molecule has 16 heteroatoms. The van der Waals surface area contributed by atoms with Gasteiger partial charge in [0.15, 0.2) is 0 Å². The number of carbonyl (C=O) groups is 2. The number of amides is 2. The molecule has 0 bridgehead atoms. The topological polar surface area (TPSA) is 49.4 Å². The van der Waals surface area contributed by atoms with E-state index in [1.54, 1.807) is 0 Å². The van der Waals surface area contributed by atoms with Crippen molar-refractivity contribution in [3.63, 3.8) is 0 Å². The van der Waals surface area contributed by atoms with Gasteiger partial charge in [0.1, 0.15) is 5.82 Å². The van der Waals surface area contributed by atoms with Crippen molar-refractivity contribution in [2.24, 2.45) is 0 Å². The molecule has 0 aliphatic rings. The summed E-state index contributed by atoms with van der Waals surface area (Å²) in [5, 5.41) is 2.22. The number of nitrogens with one attached hydrogen (secondary N) is 1. The normalized spacial score (nSPS) is 13.9. The van der Waals surface area contributed by atoms with Gasteiger partial charge in [-0.25, -0.2) is 8.78 Å². The Morgan fingerprint density at radius 3 is 1.78 bits per heavy atom. The molecule has 3 aromatic rings. The van der Waals surface area contributed by atoms with Crippen molar-refractivity contribution >= 4 is 55.0 Å². The van der Waals surface area contributed by atoms with Gasteiger partial charge in [-0.15, -0.1) is 0 Å². The fourth-order valence-electron chi connectivity index (χ4n) is 3.55. The molecule has 0 fully saturated rings. The summed E-state index contributed by atoms with van der Waals surface area (Å²) < 4.78 is 133. The average molecular weight is 724 g/mol. The monoisotopic (exact) mass is 722 g/mol. The van der Waals surface area contributed by atoms with Crippen molar-refractivity contribution in [2.45, 2.75) is 23.9 Å². The minimum absolute atomic E-state index is 0.0407. The Bertz CT molecular complexity index is 1450. The molecule has 1 unspecified atom stereocenters. The van der Waals surface area contributed by atoms with Crippen LogP contribution < -0.4 is 10.2 Å². The minimum Gasteiger partial charge on any atom is -0.320 e. The largest absolute Gasteiger partial charge is 0.457 e. The Balaban J connectivity index is 1.94. The summed E-state index contributed by atoms with van der Waals surface area (Å²) in [6, 6.07) is 9.99. The molecule has 0 radical (unpaired) electrons. The molecule has 220 valence electrons. The first-order chi connectivity index (χ1) is 18.7. The maximum Gasteiger partial charge on any atom is 0.457 e. The van der Waals surface area contributed by atoms with Crippen LogP contribution in [0.15, 0.2) is 69.6 Å². The van der Waals surface area contributed by atoms with Gasteiger partial charge in [-0.1, -0.05) is 6.07 Å². The van der Waals surface area contributed by atoms with E-state index in [1.165, 1.54) is 43.4 Å². The molecular weight excluding hydrogens is 710 g/mol. The van der Waals surface area contributed by atoms with Gasteiger partial charge >= 0.3 is 23.9 Å². The Morgan fingerprint density at radius 1 is 0.756 bits per heavy atom. The first-order valence-corrected chi connectivity index (χ1v) is 12.5. The van der Waals surface area contributed by atoms with Crippen LogP contribution in [0.1, 0.15) is 26.3 Å². The van der Waals surface area contributed by atoms with E-state index in [1.807, 2.05) is 0 Å². The third-order valence-electron chi connectivity index (χ3n) is 5.75. The zero-order valence-electron chi connectivity index (χ0n) is 20.1. The molecule has 0 aromatic heterocycles. The fraction of sp³-hybridized carbons (Fsp3) is 0.200. The molecule has 3 aromatic carbocycles. The summed E-state index contributed by atoms with van der Waals surface area (Å²) in [6.45, 7) is 0. The molecular formula is C25H14Br2F10N2O2. The smallest absolute Gasteiger partial charge is 0.320 e. The summed E-state index contributed by atoms with van der Waals surface area (Å²) in [4.78, 5) is 26.7. The van der Waals surface area contributed by atoms with Crippen LogP contribution in [0.3, 0.4) is 0 Å². The van der Waals surface area contributed by atoms with Gasteiger partial charge in [0.05, 0.1) is 5.69 Å². The van der Waals surface area contributed by atoms with Gasteiger partial charge in [0.25, 0.3) is 11.8 Å². The maximum atomic E-state index is 14.9. The number of carbonyl (C=O) groups excluding carboxylic acids is 2. The summed E-state index contributed by atoms with van der Waals surface area (Å²) in [7, 11) is 1.36. The van der Waals surface area contributed by atoms with E-state index in [9.17, 15) is 53.5 Å². The predicted molar refractivity (Wildman–Crippen MR) is 135 cm³/mol. The van der Waals surface area contributed by atoms with E-state index in [4.69, 9.17) is 0 Å². The number of anilines is 2. The van der Waals surface area contributed by atoms with E-state index < -0.39 is 61.8 Å². The fourth-order valence-corrected chi connectivity index (χ4v) is 4.94. The minimum atomic E-state index is -6.90. The maximum absolute atomic E-state index is 14.9. The lowest BCUT2D eigenvalue weighted by atomic mass is 9.87. The molecule has 0 saturated heterocycles. The Kier molecular flexibility index (Phi) is 8.90. The van der Waals surface area contributed by atoms with E-state index in [2.05, 4.69) is 37.2 Å². The number of alkyl halides is 9. The Labute approximate surface area is 241 Å². The van der Waals surface area contributed by atoms with Crippen LogP contribution in [0.4, 0.5) is 55.3 Å². The van der Waals surface area contributed by atoms with Crippen molar-refractivity contribution in [1.29, 1.82) is 0 Å². The van der Waals surface area contributed by atoms with Crippen LogP contribution >= 0.6 is 31.9 Å². The molecule has 4 nitrogen and oxygen atoms in total. The zero-order chi connectivity index (χ0) is 31.1. The van der Waals surface area contributed by atoms with Crippen molar-refractivity contribution in [1.82, 2.24) is 0 Å². The molecule has 1 N–H and O–H groups in total. The van der Waals surface area contributed by atoms with Crippen molar-refractivity contribution in [2.75, 3.05) is 17.3 Å². The molecule has 0 spiro atoms. The number of halogens is 12. The second kappa shape index (κ2) is 11.3. The Morgan fingerprint density at radius 2 is 1.29 bits per heavy atom. The second-order valence-corrected chi connectivity index (χ2v) is 10.1. The average Bonchev–Trinajstić information content (AvgIpc) is 2.88. The third-order valence-corrected chi connectivity index (χ3v) is 7.00. The molecule has 41 heavy (non-hydrogen) atoms. The lowest BCUT2D eigenvalue weighted by Gasteiger charge is -2.36. The molecule has 0 aliphatic heterocycles. The van der Waals surface area contributed by atoms with E-state index >= 15 is 0 Å². The van der Waals surface area contributed by atoms with Crippen LogP contribution in [0.2, 0.25) is 0 Å². The van der Waals surface area contributed by atoms with Crippen LogP contribution in [-0.4, -0.2) is 37.1 Å².